The Hall–Kier alpha value is -2.11. The number of aliphatic hydroxyl groups excluding tert-OH is 2. The van der Waals surface area contributed by atoms with Gasteiger partial charge < -0.3 is 23.8 Å². The van der Waals surface area contributed by atoms with Gasteiger partial charge in [-0.1, -0.05) is 99.6 Å². The zero-order chi connectivity index (χ0) is 33.1. The monoisotopic (exact) mass is 633 g/mol. The van der Waals surface area contributed by atoms with E-state index < -0.39 is 68.8 Å². The highest BCUT2D eigenvalue weighted by Gasteiger charge is 2.58. The minimum Gasteiger partial charge on any atom is -0.447 e. The normalized spacial score (nSPS) is 27.9. The number of nitrogens with zero attached hydrogens (tertiary/aromatic N) is 1. The van der Waals surface area contributed by atoms with Gasteiger partial charge in [0.2, 0.25) is 5.91 Å². The van der Waals surface area contributed by atoms with E-state index in [1.165, 1.54) is 4.90 Å². The summed E-state index contributed by atoms with van der Waals surface area (Å²) >= 11 is 0. The number of hydrogen-bond donors (Lipinski definition) is 2. The molecule has 0 radical (unpaired) electrons. The van der Waals surface area contributed by atoms with Gasteiger partial charge in [-0.15, -0.1) is 0 Å². The summed E-state index contributed by atoms with van der Waals surface area (Å²) in [6.45, 7) is 19.3. The zero-order valence-electron chi connectivity index (χ0n) is 28.2. The van der Waals surface area contributed by atoms with Crippen molar-refractivity contribution in [1.29, 1.82) is 0 Å². The predicted molar refractivity (Wildman–Crippen MR) is 171 cm³/mol. The fourth-order valence-electron chi connectivity index (χ4n) is 7.11. The van der Waals surface area contributed by atoms with E-state index in [0.717, 1.165) is 5.56 Å². The van der Waals surface area contributed by atoms with Crippen molar-refractivity contribution in [2.75, 3.05) is 6.61 Å². The first-order valence-electron chi connectivity index (χ1n) is 16.4. The number of ketones is 1. The Balaban J connectivity index is 1.92. The second kappa shape index (κ2) is 15.0. The van der Waals surface area contributed by atoms with Crippen molar-refractivity contribution in [3.05, 3.63) is 35.9 Å². The summed E-state index contributed by atoms with van der Waals surface area (Å²) in [6.07, 6.45) is -2.57. The highest BCUT2D eigenvalue weighted by atomic mass is 28.4. The molecule has 2 saturated heterocycles. The number of imide groups is 1. The van der Waals surface area contributed by atoms with Crippen molar-refractivity contribution < 1.29 is 38.2 Å². The van der Waals surface area contributed by atoms with Crippen LogP contribution in [0.25, 0.3) is 0 Å². The number of benzene rings is 1. The molecule has 10 atom stereocenters. The van der Waals surface area contributed by atoms with Crippen LogP contribution in [0.4, 0.5) is 4.79 Å². The number of amides is 2. The number of aliphatic hydroxyl groups is 2. The van der Waals surface area contributed by atoms with E-state index in [1.807, 2.05) is 51.1 Å². The molecule has 0 aromatic heterocycles. The number of ether oxygens (including phenoxy) is 1. The highest BCUT2D eigenvalue weighted by molar-refractivity contribution is 6.70. The molecule has 9 nitrogen and oxygen atoms in total. The maximum Gasteiger partial charge on any atom is 0.416 e. The molecular formula is C34H55NO8Si. The average molecular weight is 634 g/mol. The molecule has 2 heterocycles. The first-order valence-corrected chi connectivity index (χ1v) is 18.3. The minimum absolute atomic E-state index is 0.0352. The summed E-state index contributed by atoms with van der Waals surface area (Å²) in [5.74, 6) is -3.33. The summed E-state index contributed by atoms with van der Waals surface area (Å²) < 4.78 is 19.2. The van der Waals surface area contributed by atoms with E-state index in [9.17, 15) is 24.6 Å². The van der Waals surface area contributed by atoms with Gasteiger partial charge in [0.1, 0.15) is 12.4 Å². The van der Waals surface area contributed by atoms with Crippen molar-refractivity contribution in [3.8, 4) is 0 Å². The van der Waals surface area contributed by atoms with Crippen LogP contribution < -0.4 is 0 Å². The molecule has 0 saturated carbocycles. The Labute approximate surface area is 264 Å². The van der Waals surface area contributed by atoms with E-state index in [1.54, 1.807) is 20.8 Å². The van der Waals surface area contributed by atoms with Crippen LogP contribution in [0.3, 0.4) is 0 Å². The average Bonchev–Trinajstić information content (AvgIpc) is 3.37. The Morgan fingerprint density at radius 1 is 0.932 bits per heavy atom. The van der Waals surface area contributed by atoms with Crippen molar-refractivity contribution >= 4 is 26.3 Å². The molecule has 0 spiro atoms. The molecule has 10 heteroatoms. The predicted octanol–water partition coefficient (Wildman–Crippen LogP) is 5.50. The van der Waals surface area contributed by atoms with Gasteiger partial charge in [0.25, 0.3) is 0 Å². The second-order valence-corrected chi connectivity index (χ2v) is 18.0. The van der Waals surface area contributed by atoms with Crippen molar-refractivity contribution in [3.63, 3.8) is 0 Å². The van der Waals surface area contributed by atoms with Gasteiger partial charge in [0, 0.05) is 23.7 Å². The number of carbonyl (C=O) groups excluding carboxylic acids is 3. The van der Waals surface area contributed by atoms with Gasteiger partial charge in [-0.25, -0.2) is 9.69 Å². The largest absolute Gasteiger partial charge is 0.447 e. The topological polar surface area (TPSA) is 123 Å². The number of carbonyl (C=O) groups is 3. The standard InChI is InChI=1S/C34H55NO8Si/c1-11-28(36)21(6)29(37)22(7)30(38)23(8)31-24(9)32(43-44(42-31,19(2)3)20(4)5)25(10)33(39)35-27(18-41-34(35)40)17-26-15-13-12-14-16-26/h12-16,19-25,27-28,30-32,36,38H,11,17-18H2,1-10H3/t21-,22-,23-,24+,25-,27-,28+,30+,31-,32-/m1/s1. The minimum atomic E-state index is -2.99. The lowest BCUT2D eigenvalue weighted by Crippen LogP contribution is -2.65. The molecule has 2 aliphatic rings. The maximum absolute atomic E-state index is 14.1. The van der Waals surface area contributed by atoms with Gasteiger partial charge in [0.15, 0.2) is 0 Å². The van der Waals surface area contributed by atoms with Crippen LogP contribution in [0.2, 0.25) is 11.1 Å². The SMILES string of the molecule is CC[C@H](O)[C@@H](C)C(=O)[C@@H](C)[C@H](O)[C@@H](C)[C@H]1O[Si](C(C)C)(C(C)C)O[C@@H]([C@@H](C)C(=O)N2C(=O)OC[C@H]2Cc2ccccc2)[C@H]1C. The third kappa shape index (κ3) is 7.30. The van der Waals surface area contributed by atoms with Gasteiger partial charge >= 0.3 is 14.7 Å². The van der Waals surface area contributed by atoms with Crippen LogP contribution in [0.1, 0.15) is 81.2 Å². The molecule has 3 rings (SSSR count). The van der Waals surface area contributed by atoms with E-state index in [2.05, 4.69) is 27.7 Å². The molecule has 0 bridgehead atoms. The van der Waals surface area contributed by atoms with Crippen LogP contribution in [0.5, 0.6) is 0 Å². The molecule has 2 aliphatic heterocycles. The first kappa shape index (κ1) is 36.4. The van der Waals surface area contributed by atoms with Gasteiger partial charge in [-0.05, 0) is 29.5 Å². The molecule has 1 aromatic carbocycles. The summed E-state index contributed by atoms with van der Waals surface area (Å²) in [6, 6.07) is 9.30. The van der Waals surface area contributed by atoms with Crippen LogP contribution in [-0.4, -0.2) is 78.5 Å². The maximum atomic E-state index is 14.1. The van der Waals surface area contributed by atoms with Gasteiger partial charge in [0.05, 0.1) is 36.4 Å². The number of rotatable bonds is 13. The molecule has 0 aliphatic carbocycles. The molecule has 44 heavy (non-hydrogen) atoms. The Kier molecular flexibility index (Phi) is 12.4. The number of hydrogen-bond acceptors (Lipinski definition) is 8. The lowest BCUT2D eigenvalue weighted by atomic mass is 9.77. The molecule has 2 amide bonds. The molecule has 2 N–H and O–H groups in total. The van der Waals surface area contributed by atoms with Gasteiger partial charge in [-0.3, -0.25) is 9.59 Å². The van der Waals surface area contributed by atoms with Crippen LogP contribution in [0, 0.1) is 29.6 Å². The zero-order valence-corrected chi connectivity index (χ0v) is 29.2. The molecule has 2 fully saturated rings. The quantitative estimate of drug-likeness (QED) is 0.273. The van der Waals surface area contributed by atoms with Crippen molar-refractivity contribution in [2.24, 2.45) is 29.6 Å². The van der Waals surface area contributed by atoms with E-state index in [-0.39, 0.29) is 35.3 Å². The van der Waals surface area contributed by atoms with Gasteiger partial charge in [-0.2, -0.15) is 0 Å². The lowest BCUT2D eigenvalue weighted by Gasteiger charge is -2.53. The van der Waals surface area contributed by atoms with Crippen LogP contribution >= 0.6 is 0 Å². The Morgan fingerprint density at radius 3 is 2.05 bits per heavy atom. The van der Waals surface area contributed by atoms with E-state index in [0.29, 0.717) is 12.8 Å². The highest BCUT2D eigenvalue weighted by Crippen LogP contribution is 2.46. The molecular weight excluding hydrogens is 578 g/mol. The van der Waals surface area contributed by atoms with Crippen LogP contribution in [-0.2, 0) is 29.6 Å². The number of cyclic esters (lactones) is 1. The van der Waals surface area contributed by atoms with E-state index >= 15 is 0 Å². The van der Waals surface area contributed by atoms with Crippen molar-refractivity contribution in [2.45, 2.75) is 124 Å². The summed E-state index contributed by atoms with van der Waals surface area (Å²) in [5, 5.41) is 21.8. The molecule has 0 unspecified atom stereocenters. The smallest absolute Gasteiger partial charge is 0.416 e. The summed E-state index contributed by atoms with van der Waals surface area (Å²) in [7, 11) is -2.99. The fourth-order valence-corrected chi connectivity index (χ4v) is 11.3. The number of Topliss-reactive ketones (excluding diaryl/α,β-unsaturated/α-hetero) is 1. The molecule has 248 valence electrons. The Morgan fingerprint density at radius 2 is 1.50 bits per heavy atom. The Bertz CT molecular complexity index is 1120. The third-order valence-corrected chi connectivity index (χ3v) is 14.6. The fraction of sp³-hybridized carbons (Fsp3) is 0.735. The lowest BCUT2D eigenvalue weighted by molar-refractivity contribution is -0.149. The third-order valence-electron chi connectivity index (χ3n) is 10.1. The summed E-state index contributed by atoms with van der Waals surface area (Å²) in [5.41, 5.74) is 1.08. The van der Waals surface area contributed by atoms with Crippen molar-refractivity contribution in [1.82, 2.24) is 4.90 Å². The second-order valence-electron chi connectivity index (χ2n) is 13.8. The molecule has 1 aromatic rings. The van der Waals surface area contributed by atoms with E-state index in [4.69, 9.17) is 13.6 Å². The van der Waals surface area contributed by atoms with Crippen LogP contribution in [0.15, 0.2) is 30.3 Å². The summed E-state index contributed by atoms with van der Waals surface area (Å²) in [4.78, 5) is 41.5. The first-order chi connectivity index (χ1) is 20.6.